The number of nitrogens with zero attached hydrogens (tertiary/aromatic N) is 2. The lowest BCUT2D eigenvalue weighted by molar-refractivity contribution is -0.126. The van der Waals surface area contributed by atoms with Crippen molar-refractivity contribution in [2.45, 2.75) is 32.3 Å². The highest BCUT2D eigenvalue weighted by molar-refractivity contribution is 5.80. The van der Waals surface area contributed by atoms with E-state index in [1.54, 1.807) is 25.9 Å². The van der Waals surface area contributed by atoms with Crippen molar-refractivity contribution in [3.63, 3.8) is 0 Å². The van der Waals surface area contributed by atoms with E-state index in [9.17, 15) is 9.59 Å². The first-order chi connectivity index (χ1) is 8.91. The van der Waals surface area contributed by atoms with Gasteiger partial charge in [-0.05, 0) is 26.2 Å². The fourth-order valence-electron chi connectivity index (χ4n) is 2.20. The van der Waals surface area contributed by atoms with Crippen LogP contribution in [0.15, 0.2) is 0 Å². The van der Waals surface area contributed by atoms with Crippen LogP contribution < -0.4 is 5.32 Å². The standard InChI is InChI=1S/C13H25N3O3/c1-10(17)6-7-14-12(18)11-5-4-8-16(9-11)13(19)15(2)3/h10-11,17H,4-9H2,1-3H3,(H,14,18). The van der Waals surface area contributed by atoms with E-state index in [0.29, 0.717) is 26.1 Å². The van der Waals surface area contributed by atoms with Crippen molar-refractivity contribution in [1.82, 2.24) is 15.1 Å². The molecule has 0 aromatic heterocycles. The van der Waals surface area contributed by atoms with Crippen LogP contribution in [0.4, 0.5) is 4.79 Å². The van der Waals surface area contributed by atoms with Gasteiger partial charge in [0.1, 0.15) is 0 Å². The Balaban J connectivity index is 2.41. The molecule has 2 atom stereocenters. The normalized spacial score (nSPS) is 20.8. The molecule has 0 bridgehead atoms. The van der Waals surface area contributed by atoms with Gasteiger partial charge in [0.15, 0.2) is 0 Å². The number of carbonyl (C=O) groups excluding carboxylic acids is 2. The van der Waals surface area contributed by atoms with E-state index in [-0.39, 0.29) is 17.9 Å². The summed E-state index contributed by atoms with van der Waals surface area (Å²) < 4.78 is 0. The molecule has 1 fully saturated rings. The lowest BCUT2D eigenvalue weighted by Crippen LogP contribution is -2.48. The number of urea groups is 1. The van der Waals surface area contributed by atoms with E-state index in [0.717, 1.165) is 12.8 Å². The number of aliphatic hydroxyl groups excluding tert-OH is 1. The number of amides is 3. The van der Waals surface area contributed by atoms with Gasteiger partial charge in [-0.25, -0.2) is 4.79 Å². The van der Waals surface area contributed by atoms with Gasteiger partial charge in [0.05, 0.1) is 12.0 Å². The maximum absolute atomic E-state index is 12.0. The lowest BCUT2D eigenvalue weighted by Gasteiger charge is -2.33. The molecule has 0 spiro atoms. The summed E-state index contributed by atoms with van der Waals surface area (Å²) in [6.45, 7) is 3.38. The summed E-state index contributed by atoms with van der Waals surface area (Å²) in [6, 6.07) is -0.0403. The molecule has 0 saturated carbocycles. The Morgan fingerprint density at radius 3 is 2.74 bits per heavy atom. The molecule has 1 rings (SSSR count). The second-order valence-corrected chi connectivity index (χ2v) is 5.39. The maximum Gasteiger partial charge on any atom is 0.319 e. The van der Waals surface area contributed by atoms with Crippen molar-refractivity contribution in [2.75, 3.05) is 33.7 Å². The molecular formula is C13H25N3O3. The molecule has 0 radical (unpaired) electrons. The monoisotopic (exact) mass is 271 g/mol. The van der Waals surface area contributed by atoms with Crippen molar-refractivity contribution in [2.24, 2.45) is 5.92 Å². The highest BCUT2D eigenvalue weighted by Crippen LogP contribution is 2.17. The van der Waals surface area contributed by atoms with E-state index in [2.05, 4.69) is 5.32 Å². The van der Waals surface area contributed by atoms with Crippen LogP contribution in [-0.4, -0.2) is 66.7 Å². The molecule has 2 unspecified atom stereocenters. The zero-order valence-electron chi connectivity index (χ0n) is 12.1. The lowest BCUT2D eigenvalue weighted by atomic mass is 9.97. The number of aliphatic hydroxyl groups is 1. The average Bonchev–Trinajstić information content (AvgIpc) is 2.37. The largest absolute Gasteiger partial charge is 0.393 e. The molecule has 6 nitrogen and oxygen atoms in total. The number of nitrogens with one attached hydrogen (secondary N) is 1. The van der Waals surface area contributed by atoms with Gasteiger partial charge in [0.25, 0.3) is 0 Å². The van der Waals surface area contributed by atoms with Crippen molar-refractivity contribution >= 4 is 11.9 Å². The smallest absolute Gasteiger partial charge is 0.319 e. The van der Waals surface area contributed by atoms with Crippen molar-refractivity contribution < 1.29 is 14.7 Å². The SMILES string of the molecule is CC(O)CCNC(=O)C1CCCN(C(=O)N(C)C)C1. The predicted molar refractivity (Wildman–Crippen MR) is 72.7 cm³/mol. The van der Waals surface area contributed by atoms with E-state index in [4.69, 9.17) is 5.11 Å². The van der Waals surface area contributed by atoms with E-state index in [1.807, 2.05) is 0 Å². The van der Waals surface area contributed by atoms with E-state index in [1.165, 1.54) is 4.90 Å². The molecule has 1 aliphatic rings. The summed E-state index contributed by atoms with van der Waals surface area (Å²) in [7, 11) is 3.43. The third kappa shape index (κ3) is 5.06. The third-order valence-electron chi connectivity index (χ3n) is 3.31. The fraction of sp³-hybridized carbons (Fsp3) is 0.846. The van der Waals surface area contributed by atoms with Crippen molar-refractivity contribution in [3.8, 4) is 0 Å². The highest BCUT2D eigenvalue weighted by Gasteiger charge is 2.28. The summed E-state index contributed by atoms with van der Waals surface area (Å²) in [5.41, 5.74) is 0. The van der Waals surface area contributed by atoms with Crippen LogP contribution in [0, 0.1) is 5.92 Å². The quantitative estimate of drug-likeness (QED) is 0.770. The summed E-state index contributed by atoms with van der Waals surface area (Å²) in [4.78, 5) is 27.1. The second-order valence-electron chi connectivity index (χ2n) is 5.39. The Bertz CT molecular complexity index is 318. The number of hydrogen-bond donors (Lipinski definition) is 2. The zero-order valence-corrected chi connectivity index (χ0v) is 12.1. The first-order valence-electron chi connectivity index (χ1n) is 6.83. The van der Waals surface area contributed by atoms with Crippen LogP contribution in [0.25, 0.3) is 0 Å². The van der Waals surface area contributed by atoms with Crippen LogP contribution in [0.1, 0.15) is 26.2 Å². The Kier molecular flexibility index (Phi) is 6.08. The molecule has 1 heterocycles. The van der Waals surface area contributed by atoms with Gasteiger partial charge in [-0.1, -0.05) is 0 Å². The van der Waals surface area contributed by atoms with Crippen molar-refractivity contribution in [3.05, 3.63) is 0 Å². The van der Waals surface area contributed by atoms with Gasteiger partial charge in [0.2, 0.25) is 5.91 Å². The number of rotatable bonds is 4. The van der Waals surface area contributed by atoms with Gasteiger partial charge >= 0.3 is 6.03 Å². The number of hydrogen-bond acceptors (Lipinski definition) is 3. The van der Waals surface area contributed by atoms with Gasteiger partial charge in [-0.3, -0.25) is 4.79 Å². The minimum atomic E-state index is -0.404. The molecule has 1 saturated heterocycles. The van der Waals surface area contributed by atoms with Crippen molar-refractivity contribution in [1.29, 1.82) is 0 Å². The van der Waals surface area contributed by atoms with Crippen LogP contribution in [-0.2, 0) is 4.79 Å². The van der Waals surface area contributed by atoms with E-state index >= 15 is 0 Å². The van der Waals surface area contributed by atoms with Crippen LogP contribution in [0.5, 0.6) is 0 Å². The molecule has 0 aliphatic carbocycles. The zero-order chi connectivity index (χ0) is 14.4. The van der Waals surface area contributed by atoms with Crippen LogP contribution in [0.3, 0.4) is 0 Å². The van der Waals surface area contributed by atoms with Gasteiger partial charge in [-0.15, -0.1) is 0 Å². The molecule has 0 aromatic rings. The van der Waals surface area contributed by atoms with Gasteiger partial charge < -0.3 is 20.2 Å². The average molecular weight is 271 g/mol. The highest BCUT2D eigenvalue weighted by atomic mass is 16.3. The molecule has 6 heteroatoms. The predicted octanol–water partition coefficient (Wildman–Crippen LogP) is 0.267. The molecule has 2 N–H and O–H groups in total. The minimum Gasteiger partial charge on any atom is -0.393 e. The number of carbonyl (C=O) groups is 2. The molecule has 19 heavy (non-hydrogen) atoms. The minimum absolute atomic E-state index is 0.0168. The second kappa shape index (κ2) is 7.33. The molecular weight excluding hydrogens is 246 g/mol. The molecule has 1 aliphatic heterocycles. The first kappa shape index (κ1) is 15.8. The van der Waals surface area contributed by atoms with Crippen LogP contribution >= 0.6 is 0 Å². The number of likely N-dealkylation sites (tertiary alicyclic amines) is 1. The Labute approximate surface area is 114 Å². The summed E-state index contributed by atoms with van der Waals surface area (Å²) in [6.07, 6.45) is 1.82. The van der Waals surface area contributed by atoms with Gasteiger partial charge in [0, 0.05) is 33.7 Å². The maximum atomic E-state index is 12.0. The molecule has 110 valence electrons. The summed E-state index contributed by atoms with van der Waals surface area (Å²) in [5, 5.41) is 12.0. The summed E-state index contributed by atoms with van der Waals surface area (Å²) in [5.74, 6) is -0.149. The summed E-state index contributed by atoms with van der Waals surface area (Å²) >= 11 is 0. The van der Waals surface area contributed by atoms with Gasteiger partial charge in [-0.2, -0.15) is 0 Å². The first-order valence-corrected chi connectivity index (χ1v) is 6.83. The topological polar surface area (TPSA) is 72.9 Å². The van der Waals surface area contributed by atoms with Crippen LogP contribution in [0.2, 0.25) is 0 Å². The third-order valence-corrected chi connectivity index (χ3v) is 3.31. The van der Waals surface area contributed by atoms with E-state index < -0.39 is 6.10 Å². The molecule has 0 aromatic carbocycles. The fourth-order valence-corrected chi connectivity index (χ4v) is 2.20. The molecule has 3 amide bonds. The Morgan fingerprint density at radius 1 is 1.47 bits per heavy atom. The Hall–Kier alpha value is -1.30. The number of piperidine rings is 1. The Morgan fingerprint density at radius 2 is 2.16 bits per heavy atom.